The zero-order valence-electron chi connectivity index (χ0n) is 9.89. The summed E-state index contributed by atoms with van der Waals surface area (Å²) < 4.78 is 0. The first-order valence-corrected chi connectivity index (χ1v) is 6.23. The summed E-state index contributed by atoms with van der Waals surface area (Å²) in [4.78, 5) is 21.4. The molecule has 0 aliphatic rings. The van der Waals surface area contributed by atoms with Gasteiger partial charge in [-0.3, -0.25) is 14.9 Å². The number of carbonyl (C=O) groups excluding carboxylic acids is 1. The van der Waals surface area contributed by atoms with Crippen molar-refractivity contribution in [2.24, 2.45) is 0 Å². The van der Waals surface area contributed by atoms with Gasteiger partial charge in [0.15, 0.2) is 0 Å². The van der Waals surface area contributed by atoms with E-state index in [1.54, 1.807) is 12.1 Å². The number of benzene rings is 1. The number of nitro benzene ring substituents is 1. The van der Waals surface area contributed by atoms with Crippen LogP contribution in [-0.4, -0.2) is 16.7 Å². The Morgan fingerprint density at radius 3 is 2.50 bits per heavy atom. The van der Waals surface area contributed by atoms with Crippen LogP contribution in [0.5, 0.6) is 0 Å². The maximum atomic E-state index is 11.4. The Hall–Kier alpha value is -1.62. The lowest BCUT2D eigenvalue weighted by atomic mass is 10.2. The van der Waals surface area contributed by atoms with Gasteiger partial charge in [0.2, 0.25) is 5.91 Å². The Bertz CT molecular complexity index is 406. The van der Waals surface area contributed by atoms with Crippen LogP contribution in [0.2, 0.25) is 0 Å². The highest BCUT2D eigenvalue weighted by atomic mass is 35.5. The van der Waals surface area contributed by atoms with Crippen molar-refractivity contribution < 1.29 is 9.72 Å². The Morgan fingerprint density at radius 1 is 1.28 bits per heavy atom. The summed E-state index contributed by atoms with van der Waals surface area (Å²) in [6.07, 6.45) is 2.06. The molecule has 0 fully saturated rings. The molecule has 18 heavy (non-hydrogen) atoms. The first kappa shape index (κ1) is 14.4. The van der Waals surface area contributed by atoms with Crippen molar-refractivity contribution in [3.63, 3.8) is 0 Å². The molecular weight excluding hydrogens is 256 g/mol. The van der Waals surface area contributed by atoms with E-state index in [1.807, 2.05) is 0 Å². The molecule has 1 N–H and O–H groups in total. The summed E-state index contributed by atoms with van der Waals surface area (Å²) in [5, 5.41) is 13.2. The molecule has 0 aliphatic carbocycles. The highest BCUT2D eigenvalue weighted by molar-refractivity contribution is 6.17. The van der Waals surface area contributed by atoms with E-state index in [0.717, 1.165) is 18.4 Å². The zero-order valence-corrected chi connectivity index (χ0v) is 10.7. The molecule has 98 valence electrons. The van der Waals surface area contributed by atoms with E-state index in [0.29, 0.717) is 18.8 Å². The fourth-order valence-electron chi connectivity index (χ4n) is 1.40. The van der Waals surface area contributed by atoms with E-state index in [4.69, 9.17) is 11.6 Å². The summed E-state index contributed by atoms with van der Waals surface area (Å²) in [7, 11) is 0. The van der Waals surface area contributed by atoms with Gasteiger partial charge in [-0.15, -0.1) is 11.6 Å². The first-order valence-electron chi connectivity index (χ1n) is 5.69. The predicted molar refractivity (Wildman–Crippen MR) is 69.5 cm³/mol. The molecule has 1 aromatic carbocycles. The molecular formula is C12H15ClN2O3. The number of non-ortho nitro benzene ring substituents is 1. The third-order valence-electron chi connectivity index (χ3n) is 2.42. The quantitative estimate of drug-likeness (QED) is 0.358. The van der Waals surface area contributed by atoms with Gasteiger partial charge in [-0.1, -0.05) is 12.1 Å². The number of hydrogen-bond donors (Lipinski definition) is 1. The molecule has 0 bridgehead atoms. The van der Waals surface area contributed by atoms with E-state index in [2.05, 4.69) is 5.32 Å². The van der Waals surface area contributed by atoms with E-state index >= 15 is 0 Å². The number of nitrogens with one attached hydrogen (secondary N) is 1. The van der Waals surface area contributed by atoms with Crippen molar-refractivity contribution in [2.75, 3.05) is 5.88 Å². The SMILES string of the molecule is O=C(CCCCCl)NCc1ccc([N+](=O)[O-])cc1. The normalized spacial score (nSPS) is 10.1. The zero-order chi connectivity index (χ0) is 13.4. The largest absolute Gasteiger partial charge is 0.352 e. The second kappa shape index (κ2) is 7.66. The van der Waals surface area contributed by atoms with Crippen molar-refractivity contribution in [3.8, 4) is 0 Å². The average molecular weight is 271 g/mol. The van der Waals surface area contributed by atoms with Crippen LogP contribution >= 0.6 is 11.6 Å². The predicted octanol–water partition coefficient (Wildman–Crippen LogP) is 2.62. The number of unbranched alkanes of at least 4 members (excludes halogenated alkanes) is 1. The van der Waals surface area contributed by atoms with E-state index in [-0.39, 0.29) is 11.6 Å². The summed E-state index contributed by atoms with van der Waals surface area (Å²) in [6.45, 7) is 0.387. The minimum atomic E-state index is -0.450. The Balaban J connectivity index is 2.34. The average Bonchev–Trinajstić information content (AvgIpc) is 2.37. The molecule has 1 amide bonds. The van der Waals surface area contributed by atoms with Gasteiger partial charge in [-0.2, -0.15) is 0 Å². The summed E-state index contributed by atoms with van der Waals surface area (Å²) in [5.74, 6) is 0.536. The smallest absolute Gasteiger partial charge is 0.269 e. The van der Waals surface area contributed by atoms with Crippen molar-refractivity contribution in [2.45, 2.75) is 25.8 Å². The molecule has 0 saturated heterocycles. The van der Waals surface area contributed by atoms with Crippen LogP contribution in [0.15, 0.2) is 24.3 Å². The van der Waals surface area contributed by atoms with Gasteiger partial charge in [-0.05, 0) is 18.4 Å². The lowest BCUT2D eigenvalue weighted by Gasteiger charge is -2.04. The van der Waals surface area contributed by atoms with Crippen molar-refractivity contribution in [1.82, 2.24) is 5.32 Å². The van der Waals surface area contributed by atoms with Gasteiger partial charge < -0.3 is 5.32 Å². The third kappa shape index (κ3) is 5.14. The minimum absolute atomic E-state index is 0.0292. The van der Waals surface area contributed by atoms with Crippen LogP contribution in [0.25, 0.3) is 0 Å². The van der Waals surface area contributed by atoms with Gasteiger partial charge in [0.1, 0.15) is 0 Å². The fraction of sp³-hybridized carbons (Fsp3) is 0.417. The fourth-order valence-corrected chi connectivity index (χ4v) is 1.59. The second-order valence-electron chi connectivity index (χ2n) is 3.85. The number of carbonyl (C=O) groups is 1. The molecule has 1 aromatic rings. The number of nitrogens with zero attached hydrogens (tertiary/aromatic N) is 1. The monoisotopic (exact) mass is 270 g/mol. The number of nitro groups is 1. The maximum Gasteiger partial charge on any atom is 0.269 e. The van der Waals surface area contributed by atoms with Gasteiger partial charge in [0, 0.05) is 31.0 Å². The molecule has 0 spiro atoms. The molecule has 0 aliphatic heterocycles. The van der Waals surface area contributed by atoms with Gasteiger partial charge in [0.25, 0.3) is 5.69 Å². The number of amides is 1. The lowest BCUT2D eigenvalue weighted by Crippen LogP contribution is -2.22. The van der Waals surface area contributed by atoms with E-state index in [9.17, 15) is 14.9 Å². The van der Waals surface area contributed by atoms with Gasteiger partial charge >= 0.3 is 0 Å². The number of halogens is 1. The number of rotatable bonds is 7. The Kier molecular flexibility index (Phi) is 6.14. The van der Waals surface area contributed by atoms with Crippen LogP contribution in [-0.2, 0) is 11.3 Å². The van der Waals surface area contributed by atoms with Crippen LogP contribution in [0.1, 0.15) is 24.8 Å². The Morgan fingerprint density at radius 2 is 1.94 bits per heavy atom. The van der Waals surface area contributed by atoms with Crippen LogP contribution < -0.4 is 5.32 Å². The second-order valence-corrected chi connectivity index (χ2v) is 4.22. The van der Waals surface area contributed by atoms with E-state index < -0.39 is 4.92 Å². The van der Waals surface area contributed by atoms with Crippen LogP contribution in [0.3, 0.4) is 0 Å². The Labute approximate surface area is 110 Å². The molecule has 0 aromatic heterocycles. The van der Waals surface area contributed by atoms with Crippen molar-refractivity contribution in [1.29, 1.82) is 0 Å². The molecule has 0 radical (unpaired) electrons. The van der Waals surface area contributed by atoms with Gasteiger partial charge in [0.05, 0.1) is 4.92 Å². The molecule has 0 atom stereocenters. The maximum absolute atomic E-state index is 11.4. The highest BCUT2D eigenvalue weighted by Crippen LogP contribution is 2.11. The third-order valence-corrected chi connectivity index (χ3v) is 2.69. The number of alkyl halides is 1. The molecule has 0 saturated carbocycles. The summed E-state index contributed by atoms with van der Waals surface area (Å²) in [6, 6.07) is 6.12. The molecule has 6 heteroatoms. The summed E-state index contributed by atoms with van der Waals surface area (Å²) in [5.41, 5.74) is 0.887. The molecule has 5 nitrogen and oxygen atoms in total. The molecule has 1 rings (SSSR count). The summed E-state index contributed by atoms with van der Waals surface area (Å²) >= 11 is 5.51. The standard InChI is InChI=1S/C12H15ClN2O3/c13-8-2-1-3-12(16)14-9-10-4-6-11(7-5-10)15(17)18/h4-7H,1-3,8-9H2,(H,14,16). The molecule has 0 unspecified atom stereocenters. The minimum Gasteiger partial charge on any atom is -0.352 e. The topological polar surface area (TPSA) is 72.2 Å². The highest BCUT2D eigenvalue weighted by Gasteiger charge is 2.05. The van der Waals surface area contributed by atoms with E-state index in [1.165, 1.54) is 12.1 Å². The first-order chi connectivity index (χ1) is 8.63. The van der Waals surface area contributed by atoms with Crippen molar-refractivity contribution in [3.05, 3.63) is 39.9 Å². The lowest BCUT2D eigenvalue weighted by molar-refractivity contribution is -0.384. The van der Waals surface area contributed by atoms with Crippen LogP contribution in [0.4, 0.5) is 5.69 Å². The van der Waals surface area contributed by atoms with Crippen molar-refractivity contribution >= 4 is 23.2 Å². The van der Waals surface area contributed by atoms with Crippen LogP contribution in [0, 0.1) is 10.1 Å². The van der Waals surface area contributed by atoms with Gasteiger partial charge in [-0.25, -0.2) is 0 Å². The molecule has 0 heterocycles. The number of hydrogen-bond acceptors (Lipinski definition) is 3.